The first-order valence-electron chi connectivity index (χ1n) is 8.19. The first kappa shape index (κ1) is 17.4. The van der Waals surface area contributed by atoms with Crippen molar-refractivity contribution < 1.29 is 9.59 Å². The molecule has 2 aromatic carbocycles. The van der Waals surface area contributed by atoms with Crippen molar-refractivity contribution >= 4 is 40.6 Å². The minimum absolute atomic E-state index is 0.0545. The lowest BCUT2D eigenvalue weighted by molar-refractivity contribution is -0.115. The average Bonchev–Trinajstić information content (AvgIpc) is 2.56. The van der Waals surface area contributed by atoms with Gasteiger partial charge in [-0.3, -0.25) is 9.59 Å². The van der Waals surface area contributed by atoms with Crippen LogP contribution >= 0.6 is 11.8 Å². The van der Waals surface area contributed by atoms with Crippen LogP contribution < -0.4 is 15.5 Å². The number of hydrogen-bond acceptors (Lipinski definition) is 4. The molecule has 5 nitrogen and oxygen atoms in total. The first-order valence-corrected chi connectivity index (χ1v) is 9.07. The Morgan fingerprint density at radius 2 is 1.72 bits per heavy atom. The summed E-state index contributed by atoms with van der Waals surface area (Å²) in [6.45, 7) is 4.80. The third-order valence-corrected chi connectivity index (χ3v) is 4.99. The molecule has 1 heterocycles. The maximum absolute atomic E-state index is 12.4. The van der Waals surface area contributed by atoms with Crippen LogP contribution in [-0.4, -0.2) is 30.2 Å². The van der Waals surface area contributed by atoms with Gasteiger partial charge in [-0.05, 0) is 36.4 Å². The highest BCUT2D eigenvalue weighted by Gasteiger charge is 2.23. The van der Waals surface area contributed by atoms with E-state index in [2.05, 4.69) is 34.6 Å². The largest absolute Gasteiger partial charge is 0.360 e. The quantitative estimate of drug-likeness (QED) is 0.880. The van der Waals surface area contributed by atoms with Crippen LogP contribution in [0.25, 0.3) is 0 Å². The van der Waals surface area contributed by atoms with Crippen LogP contribution in [0.5, 0.6) is 0 Å². The van der Waals surface area contributed by atoms with Gasteiger partial charge in [0.05, 0.1) is 12.2 Å². The topological polar surface area (TPSA) is 61.4 Å². The van der Waals surface area contributed by atoms with Gasteiger partial charge in [0.1, 0.15) is 0 Å². The maximum atomic E-state index is 12.4. The molecule has 1 aliphatic rings. The van der Waals surface area contributed by atoms with Gasteiger partial charge in [-0.2, -0.15) is 0 Å². The number of amides is 2. The minimum Gasteiger partial charge on any atom is -0.360 e. The van der Waals surface area contributed by atoms with Gasteiger partial charge in [0.2, 0.25) is 11.8 Å². The Kier molecular flexibility index (Phi) is 5.28. The predicted octanol–water partition coefficient (Wildman–Crippen LogP) is 3.58. The molecule has 0 saturated carbocycles. The summed E-state index contributed by atoms with van der Waals surface area (Å²) in [7, 11) is 0. The number of rotatable bonds is 4. The summed E-state index contributed by atoms with van der Waals surface area (Å²) >= 11 is 1.85. The second-order valence-electron chi connectivity index (χ2n) is 6.08. The van der Waals surface area contributed by atoms with Crippen molar-refractivity contribution in [3.63, 3.8) is 0 Å². The summed E-state index contributed by atoms with van der Waals surface area (Å²) in [6, 6.07) is 15.3. The van der Waals surface area contributed by atoms with E-state index in [4.69, 9.17) is 0 Å². The summed E-state index contributed by atoms with van der Waals surface area (Å²) < 4.78 is 0. The molecule has 0 saturated heterocycles. The molecule has 6 heteroatoms. The number of carbonyl (C=O) groups excluding carboxylic acids is 2. The van der Waals surface area contributed by atoms with Crippen molar-refractivity contribution in [1.82, 2.24) is 0 Å². The van der Waals surface area contributed by atoms with Crippen molar-refractivity contribution in [2.75, 3.05) is 28.6 Å². The van der Waals surface area contributed by atoms with E-state index >= 15 is 0 Å². The molecular formula is C19H21N3O2S. The van der Waals surface area contributed by atoms with Gasteiger partial charge in [-0.1, -0.05) is 19.1 Å². The minimum atomic E-state index is -0.118. The Morgan fingerprint density at radius 3 is 2.40 bits per heavy atom. The number of fused-ring (bicyclic) bond motifs is 1. The molecule has 0 radical (unpaired) electrons. The highest BCUT2D eigenvalue weighted by molar-refractivity contribution is 8.00. The van der Waals surface area contributed by atoms with Crippen molar-refractivity contribution in [3.8, 4) is 0 Å². The van der Waals surface area contributed by atoms with Gasteiger partial charge in [0.15, 0.2) is 0 Å². The summed E-state index contributed by atoms with van der Waals surface area (Å²) in [5, 5.41) is 6.06. The number of nitrogens with one attached hydrogen (secondary N) is 2. The molecule has 1 aliphatic heterocycles. The third kappa shape index (κ3) is 4.54. The summed E-state index contributed by atoms with van der Waals surface area (Å²) in [6.07, 6.45) is 0. The molecule has 2 N–H and O–H groups in total. The van der Waals surface area contributed by atoms with Gasteiger partial charge in [-0.15, -0.1) is 11.8 Å². The Bertz CT molecular complexity index is 776. The molecule has 130 valence electrons. The van der Waals surface area contributed by atoms with Gasteiger partial charge in [0.25, 0.3) is 0 Å². The zero-order valence-electron chi connectivity index (χ0n) is 14.3. The Balaban J connectivity index is 1.64. The Labute approximate surface area is 151 Å². The molecular weight excluding hydrogens is 334 g/mol. The number of benzene rings is 2. The number of anilines is 3. The van der Waals surface area contributed by atoms with Gasteiger partial charge in [-0.25, -0.2) is 0 Å². The van der Waals surface area contributed by atoms with E-state index in [0.717, 1.165) is 12.2 Å². The average molecular weight is 355 g/mol. The number of hydrogen-bond donors (Lipinski definition) is 2. The fourth-order valence-electron chi connectivity index (χ4n) is 2.84. The predicted molar refractivity (Wildman–Crippen MR) is 103 cm³/mol. The van der Waals surface area contributed by atoms with Gasteiger partial charge >= 0.3 is 0 Å². The molecule has 25 heavy (non-hydrogen) atoms. The fourth-order valence-corrected chi connectivity index (χ4v) is 4.01. The summed E-state index contributed by atoms with van der Waals surface area (Å²) in [4.78, 5) is 26.8. The van der Waals surface area contributed by atoms with Gasteiger partial charge < -0.3 is 15.5 Å². The van der Waals surface area contributed by atoms with E-state index in [9.17, 15) is 9.59 Å². The SMILES string of the molecule is CC(=O)Nc1ccc(NC(=O)CN2C[C@H](C)Sc3ccccc32)cc1. The lowest BCUT2D eigenvalue weighted by Gasteiger charge is -2.33. The third-order valence-electron chi connectivity index (χ3n) is 3.84. The Morgan fingerprint density at radius 1 is 1.08 bits per heavy atom. The molecule has 0 bridgehead atoms. The normalized spacial score (nSPS) is 16.1. The first-order chi connectivity index (χ1) is 12.0. The van der Waals surface area contributed by atoms with Crippen LogP contribution in [0.4, 0.5) is 17.1 Å². The zero-order valence-corrected chi connectivity index (χ0v) is 15.1. The van der Waals surface area contributed by atoms with Crippen LogP contribution in [0.15, 0.2) is 53.4 Å². The van der Waals surface area contributed by atoms with Crippen molar-refractivity contribution in [2.45, 2.75) is 24.0 Å². The van der Waals surface area contributed by atoms with Crippen molar-refractivity contribution in [3.05, 3.63) is 48.5 Å². The lowest BCUT2D eigenvalue weighted by atomic mass is 10.2. The Hall–Kier alpha value is -2.47. The zero-order chi connectivity index (χ0) is 17.8. The highest BCUT2D eigenvalue weighted by atomic mass is 32.2. The maximum Gasteiger partial charge on any atom is 0.243 e. The second-order valence-corrected chi connectivity index (χ2v) is 7.56. The molecule has 3 rings (SSSR count). The van der Waals surface area contributed by atoms with Crippen LogP contribution in [-0.2, 0) is 9.59 Å². The van der Waals surface area contributed by atoms with E-state index in [1.165, 1.54) is 11.8 Å². The standard InChI is InChI=1S/C19H21N3O2S/c1-13-11-22(17-5-3-4-6-18(17)25-13)12-19(24)21-16-9-7-15(8-10-16)20-14(2)23/h3-10,13H,11-12H2,1-2H3,(H,20,23)(H,21,24)/t13-/m0/s1. The second kappa shape index (κ2) is 7.61. The number of nitrogens with zero attached hydrogens (tertiary/aromatic N) is 1. The van der Waals surface area contributed by atoms with E-state index in [0.29, 0.717) is 23.2 Å². The van der Waals surface area contributed by atoms with Crippen LogP contribution in [0, 0.1) is 0 Å². The van der Waals surface area contributed by atoms with Crippen molar-refractivity contribution in [2.24, 2.45) is 0 Å². The summed E-state index contributed by atoms with van der Waals surface area (Å²) in [5.74, 6) is -0.172. The molecule has 0 unspecified atom stereocenters. The molecule has 1 atom stereocenters. The lowest BCUT2D eigenvalue weighted by Crippen LogP contribution is -2.39. The van der Waals surface area contributed by atoms with Crippen LogP contribution in [0.3, 0.4) is 0 Å². The van der Waals surface area contributed by atoms with E-state index in [-0.39, 0.29) is 11.8 Å². The number of carbonyl (C=O) groups is 2. The molecule has 2 aromatic rings. The van der Waals surface area contributed by atoms with Crippen LogP contribution in [0.1, 0.15) is 13.8 Å². The van der Waals surface area contributed by atoms with E-state index < -0.39 is 0 Å². The van der Waals surface area contributed by atoms with E-state index in [1.807, 2.05) is 23.9 Å². The summed E-state index contributed by atoms with van der Waals surface area (Å²) in [5.41, 5.74) is 2.54. The molecule has 0 aromatic heterocycles. The van der Waals surface area contributed by atoms with Gasteiger partial charge in [0, 0.05) is 35.0 Å². The monoisotopic (exact) mass is 355 g/mol. The van der Waals surface area contributed by atoms with E-state index in [1.54, 1.807) is 24.3 Å². The number of thioether (sulfide) groups is 1. The molecule has 0 spiro atoms. The smallest absolute Gasteiger partial charge is 0.243 e. The number of para-hydroxylation sites is 1. The fraction of sp³-hybridized carbons (Fsp3) is 0.263. The van der Waals surface area contributed by atoms with Crippen LogP contribution in [0.2, 0.25) is 0 Å². The molecule has 0 aliphatic carbocycles. The highest BCUT2D eigenvalue weighted by Crippen LogP contribution is 2.37. The molecule has 0 fully saturated rings. The van der Waals surface area contributed by atoms with Crippen molar-refractivity contribution in [1.29, 1.82) is 0 Å². The molecule has 2 amide bonds.